The van der Waals surface area contributed by atoms with Gasteiger partial charge < -0.3 is 14.8 Å². The molecule has 0 unspecified atom stereocenters. The Morgan fingerprint density at radius 1 is 1.08 bits per heavy atom. The van der Waals surface area contributed by atoms with E-state index in [1.165, 1.54) is 11.3 Å². The monoisotopic (exact) mass is 354 g/mol. The second-order valence-electron chi connectivity index (χ2n) is 5.34. The van der Waals surface area contributed by atoms with Crippen LogP contribution < -0.4 is 14.8 Å². The lowest BCUT2D eigenvalue weighted by atomic mass is 10.1. The van der Waals surface area contributed by atoms with E-state index in [0.717, 1.165) is 28.3 Å². The third-order valence-electron chi connectivity index (χ3n) is 3.64. The molecule has 0 atom stereocenters. The predicted octanol–water partition coefficient (Wildman–Crippen LogP) is 4.01. The lowest BCUT2D eigenvalue weighted by molar-refractivity contribution is -0.115. The van der Waals surface area contributed by atoms with Crippen LogP contribution in [-0.4, -0.2) is 25.1 Å². The zero-order valence-corrected chi connectivity index (χ0v) is 14.8. The molecule has 3 rings (SSSR count). The van der Waals surface area contributed by atoms with Gasteiger partial charge in [-0.2, -0.15) is 0 Å². The normalized spacial score (nSPS) is 10.3. The third-order valence-corrected chi connectivity index (χ3v) is 4.39. The van der Waals surface area contributed by atoms with Gasteiger partial charge in [-0.25, -0.2) is 4.98 Å². The van der Waals surface area contributed by atoms with E-state index in [0.29, 0.717) is 5.13 Å². The fraction of sp³-hybridized carbons (Fsp3) is 0.158. The van der Waals surface area contributed by atoms with Crippen molar-refractivity contribution in [1.29, 1.82) is 0 Å². The molecule has 5 nitrogen and oxygen atoms in total. The van der Waals surface area contributed by atoms with E-state index in [9.17, 15) is 4.79 Å². The summed E-state index contributed by atoms with van der Waals surface area (Å²) in [6, 6.07) is 15.1. The van der Waals surface area contributed by atoms with Crippen molar-refractivity contribution in [3.8, 4) is 22.8 Å². The quantitative estimate of drug-likeness (QED) is 0.727. The minimum atomic E-state index is -0.108. The van der Waals surface area contributed by atoms with E-state index in [-0.39, 0.29) is 12.3 Å². The Morgan fingerprint density at radius 2 is 1.84 bits per heavy atom. The second kappa shape index (κ2) is 7.81. The van der Waals surface area contributed by atoms with Crippen LogP contribution in [0.15, 0.2) is 53.9 Å². The summed E-state index contributed by atoms with van der Waals surface area (Å²) >= 11 is 1.40. The van der Waals surface area contributed by atoms with Crippen LogP contribution in [0.25, 0.3) is 11.3 Å². The number of nitrogens with zero attached hydrogens (tertiary/aromatic N) is 1. The lowest BCUT2D eigenvalue weighted by Crippen LogP contribution is -2.14. The van der Waals surface area contributed by atoms with Gasteiger partial charge in [-0.05, 0) is 42.0 Å². The molecule has 25 heavy (non-hydrogen) atoms. The first-order valence-electron chi connectivity index (χ1n) is 7.70. The number of amides is 1. The molecule has 0 fully saturated rings. The van der Waals surface area contributed by atoms with Gasteiger partial charge in [0.05, 0.1) is 26.3 Å². The number of ether oxygens (including phenoxy) is 2. The summed E-state index contributed by atoms with van der Waals surface area (Å²) in [6.07, 6.45) is 0.272. The van der Waals surface area contributed by atoms with Gasteiger partial charge in [-0.1, -0.05) is 12.1 Å². The van der Waals surface area contributed by atoms with Crippen LogP contribution in [0, 0.1) is 0 Å². The van der Waals surface area contributed by atoms with Crippen LogP contribution in [0.5, 0.6) is 11.5 Å². The van der Waals surface area contributed by atoms with Gasteiger partial charge >= 0.3 is 0 Å². The fourth-order valence-corrected chi connectivity index (χ4v) is 3.09. The highest BCUT2D eigenvalue weighted by molar-refractivity contribution is 7.14. The van der Waals surface area contributed by atoms with Crippen molar-refractivity contribution >= 4 is 22.4 Å². The van der Waals surface area contributed by atoms with Gasteiger partial charge in [0.2, 0.25) is 5.91 Å². The van der Waals surface area contributed by atoms with E-state index < -0.39 is 0 Å². The van der Waals surface area contributed by atoms with Crippen molar-refractivity contribution < 1.29 is 14.3 Å². The Kier molecular flexibility index (Phi) is 5.30. The van der Waals surface area contributed by atoms with Gasteiger partial charge in [-0.15, -0.1) is 11.3 Å². The SMILES string of the molecule is COc1ccc(-c2csc(NC(=O)Cc3cccc(OC)c3)n2)cc1. The van der Waals surface area contributed by atoms with Crippen LogP contribution in [-0.2, 0) is 11.2 Å². The number of methoxy groups -OCH3 is 2. The van der Waals surface area contributed by atoms with E-state index in [4.69, 9.17) is 9.47 Å². The summed E-state index contributed by atoms with van der Waals surface area (Å²) in [5, 5.41) is 5.35. The number of anilines is 1. The van der Waals surface area contributed by atoms with Gasteiger partial charge in [0, 0.05) is 10.9 Å². The number of thiazole rings is 1. The Hall–Kier alpha value is -2.86. The minimum Gasteiger partial charge on any atom is -0.497 e. The van der Waals surface area contributed by atoms with Crippen LogP contribution >= 0.6 is 11.3 Å². The highest BCUT2D eigenvalue weighted by atomic mass is 32.1. The minimum absolute atomic E-state index is 0.108. The molecule has 1 heterocycles. The molecule has 0 bridgehead atoms. The van der Waals surface area contributed by atoms with Crippen molar-refractivity contribution in [2.45, 2.75) is 6.42 Å². The summed E-state index contributed by atoms with van der Waals surface area (Å²) in [7, 11) is 3.24. The predicted molar refractivity (Wildman–Crippen MR) is 99.4 cm³/mol. The molecule has 0 aliphatic rings. The number of rotatable bonds is 6. The summed E-state index contributed by atoms with van der Waals surface area (Å²) in [5.74, 6) is 1.43. The number of nitrogens with one attached hydrogen (secondary N) is 1. The smallest absolute Gasteiger partial charge is 0.230 e. The van der Waals surface area contributed by atoms with E-state index in [1.807, 2.05) is 53.9 Å². The number of hydrogen-bond donors (Lipinski definition) is 1. The van der Waals surface area contributed by atoms with Crippen molar-refractivity contribution in [1.82, 2.24) is 4.98 Å². The highest BCUT2D eigenvalue weighted by Crippen LogP contribution is 2.26. The average molecular weight is 354 g/mol. The third kappa shape index (κ3) is 4.36. The van der Waals surface area contributed by atoms with Gasteiger partial charge in [0.1, 0.15) is 11.5 Å². The molecule has 0 aliphatic carbocycles. The molecule has 0 saturated carbocycles. The molecule has 0 spiro atoms. The summed E-state index contributed by atoms with van der Waals surface area (Å²) in [4.78, 5) is 16.7. The maximum absolute atomic E-state index is 12.2. The number of carbonyl (C=O) groups excluding carboxylic acids is 1. The number of benzene rings is 2. The molecule has 128 valence electrons. The van der Waals surface area contributed by atoms with Gasteiger partial charge in [0.15, 0.2) is 5.13 Å². The van der Waals surface area contributed by atoms with Crippen LogP contribution in [0.3, 0.4) is 0 Å². The molecular weight excluding hydrogens is 336 g/mol. The summed E-state index contributed by atoms with van der Waals surface area (Å²) in [6.45, 7) is 0. The topological polar surface area (TPSA) is 60.5 Å². The Labute approximate surface area is 150 Å². The summed E-state index contributed by atoms with van der Waals surface area (Å²) in [5.41, 5.74) is 2.69. The van der Waals surface area contributed by atoms with Crippen LogP contribution in [0.4, 0.5) is 5.13 Å². The van der Waals surface area contributed by atoms with E-state index >= 15 is 0 Å². The molecule has 2 aromatic carbocycles. The Balaban J connectivity index is 1.64. The fourth-order valence-electron chi connectivity index (χ4n) is 2.36. The molecule has 1 aromatic heterocycles. The molecule has 1 N–H and O–H groups in total. The summed E-state index contributed by atoms with van der Waals surface area (Å²) < 4.78 is 10.3. The molecule has 0 radical (unpaired) electrons. The average Bonchev–Trinajstić information content (AvgIpc) is 3.10. The number of carbonyl (C=O) groups is 1. The molecule has 6 heteroatoms. The van der Waals surface area contributed by atoms with Crippen molar-refractivity contribution in [2.24, 2.45) is 0 Å². The number of aromatic nitrogens is 1. The largest absolute Gasteiger partial charge is 0.497 e. The van der Waals surface area contributed by atoms with Gasteiger partial charge in [0.25, 0.3) is 0 Å². The van der Waals surface area contributed by atoms with Crippen LogP contribution in [0.2, 0.25) is 0 Å². The molecule has 1 amide bonds. The maximum atomic E-state index is 12.2. The standard InChI is InChI=1S/C19H18N2O3S/c1-23-15-8-6-14(7-9-15)17-12-25-19(20-17)21-18(22)11-13-4-3-5-16(10-13)24-2/h3-10,12H,11H2,1-2H3,(H,20,21,22). The first-order valence-corrected chi connectivity index (χ1v) is 8.58. The maximum Gasteiger partial charge on any atom is 0.230 e. The molecule has 0 saturated heterocycles. The number of hydrogen-bond acceptors (Lipinski definition) is 5. The van der Waals surface area contributed by atoms with Crippen LogP contribution in [0.1, 0.15) is 5.56 Å². The first-order chi connectivity index (χ1) is 12.2. The van der Waals surface area contributed by atoms with Crippen molar-refractivity contribution in [3.05, 3.63) is 59.5 Å². The first kappa shape index (κ1) is 17.0. The Bertz CT molecular complexity index is 859. The molecule has 3 aromatic rings. The van der Waals surface area contributed by atoms with Crippen molar-refractivity contribution in [2.75, 3.05) is 19.5 Å². The zero-order chi connectivity index (χ0) is 17.6. The van der Waals surface area contributed by atoms with Gasteiger partial charge in [-0.3, -0.25) is 4.79 Å². The lowest BCUT2D eigenvalue weighted by Gasteiger charge is -2.04. The zero-order valence-electron chi connectivity index (χ0n) is 14.0. The van der Waals surface area contributed by atoms with E-state index in [2.05, 4.69) is 10.3 Å². The van der Waals surface area contributed by atoms with Crippen molar-refractivity contribution in [3.63, 3.8) is 0 Å². The molecule has 0 aliphatic heterocycles. The van der Waals surface area contributed by atoms with E-state index in [1.54, 1.807) is 14.2 Å². The highest BCUT2D eigenvalue weighted by Gasteiger charge is 2.09. The Morgan fingerprint density at radius 3 is 2.56 bits per heavy atom. The molecular formula is C19H18N2O3S. The second-order valence-corrected chi connectivity index (χ2v) is 6.20.